The largest absolute Gasteiger partial charge is 0.480 e. The minimum absolute atomic E-state index is 0.125. The number of amides is 2. The molecule has 0 unspecified atom stereocenters. The maximum Gasteiger partial charge on any atom is 0.323 e. The van der Waals surface area contributed by atoms with Gasteiger partial charge < -0.3 is 5.11 Å². The minimum Gasteiger partial charge on any atom is -0.480 e. The Labute approximate surface area is 128 Å². The van der Waals surface area contributed by atoms with Gasteiger partial charge in [0, 0.05) is 10.0 Å². The van der Waals surface area contributed by atoms with Crippen molar-refractivity contribution in [1.29, 1.82) is 0 Å². The third-order valence-electron chi connectivity index (χ3n) is 2.42. The standard InChI is InChI=1S/C12H7Cl2NO4S/c13-7-2-1-6(8(14)4-7)3-9-11(18)15(5-10(16)17)12(19)20-9/h1-4H,5H2,(H,16,17). The fourth-order valence-corrected chi connectivity index (χ4v) is 2.82. The summed E-state index contributed by atoms with van der Waals surface area (Å²) in [5.74, 6) is -1.90. The summed E-state index contributed by atoms with van der Waals surface area (Å²) in [4.78, 5) is 34.9. The predicted octanol–water partition coefficient (Wildman–Crippen LogP) is 3.11. The Balaban J connectivity index is 2.30. The van der Waals surface area contributed by atoms with Gasteiger partial charge in [0.15, 0.2) is 0 Å². The van der Waals surface area contributed by atoms with Crippen molar-refractivity contribution in [3.8, 4) is 0 Å². The van der Waals surface area contributed by atoms with Gasteiger partial charge >= 0.3 is 5.97 Å². The van der Waals surface area contributed by atoms with Crippen LogP contribution in [0.1, 0.15) is 5.56 Å². The maximum absolute atomic E-state index is 11.9. The molecule has 0 bridgehead atoms. The van der Waals surface area contributed by atoms with Gasteiger partial charge in [-0.3, -0.25) is 19.3 Å². The first kappa shape index (κ1) is 14.9. The zero-order valence-electron chi connectivity index (χ0n) is 9.80. The number of hydrogen-bond acceptors (Lipinski definition) is 4. The number of nitrogens with zero attached hydrogens (tertiary/aromatic N) is 1. The van der Waals surface area contributed by atoms with Crippen molar-refractivity contribution in [2.24, 2.45) is 0 Å². The zero-order valence-corrected chi connectivity index (χ0v) is 12.1. The lowest BCUT2D eigenvalue weighted by Crippen LogP contribution is -2.33. The van der Waals surface area contributed by atoms with E-state index >= 15 is 0 Å². The third kappa shape index (κ3) is 3.15. The molecule has 0 saturated carbocycles. The number of rotatable bonds is 3. The Hall–Kier alpha value is -1.50. The highest BCUT2D eigenvalue weighted by molar-refractivity contribution is 8.18. The maximum atomic E-state index is 11.9. The second kappa shape index (κ2) is 5.87. The van der Waals surface area contributed by atoms with Crippen LogP contribution in [0.5, 0.6) is 0 Å². The van der Waals surface area contributed by atoms with E-state index in [1.807, 2.05) is 0 Å². The monoisotopic (exact) mass is 331 g/mol. The minimum atomic E-state index is -1.25. The number of carbonyl (C=O) groups excluding carboxylic acids is 2. The normalized spacial score (nSPS) is 17.1. The number of hydrogen-bond donors (Lipinski definition) is 1. The van der Waals surface area contributed by atoms with Gasteiger partial charge in [0.25, 0.3) is 11.1 Å². The molecule has 1 aliphatic rings. The number of imide groups is 1. The van der Waals surface area contributed by atoms with Crippen LogP contribution in [0.2, 0.25) is 10.0 Å². The van der Waals surface area contributed by atoms with Crippen molar-refractivity contribution in [3.05, 3.63) is 38.7 Å². The van der Waals surface area contributed by atoms with E-state index in [-0.39, 0.29) is 4.91 Å². The second-order valence-electron chi connectivity index (χ2n) is 3.83. The lowest BCUT2D eigenvalue weighted by Gasteiger charge is -2.07. The number of benzene rings is 1. The molecule has 1 fully saturated rings. The molecule has 20 heavy (non-hydrogen) atoms. The lowest BCUT2D eigenvalue weighted by molar-refractivity contribution is -0.140. The van der Waals surface area contributed by atoms with Crippen LogP contribution in [0.3, 0.4) is 0 Å². The fraction of sp³-hybridized carbons (Fsp3) is 0.0833. The highest BCUT2D eigenvalue weighted by atomic mass is 35.5. The summed E-state index contributed by atoms with van der Waals surface area (Å²) in [6.45, 7) is -0.656. The quantitative estimate of drug-likeness (QED) is 0.861. The SMILES string of the molecule is O=C(O)CN1C(=O)SC(=Cc2ccc(Cl)cc2Cl)C1=O. The number of aliphatic carboxylic acids is 1. The number of carboxylic acids is 1. The molecular weight excluding hydrogens is 325 g/mol. The summed E-state index contributed by atoms with van der Waals surface area (Å²) >= 11 is 12.4. The molecule has 2 amide bonds. The first-order chi connectivity index (χ1) is 9.38. The van der Waals surface area contributed by atoms with Gasteiger partial charge in [-0.1, -0.05) is 29.3 Å². The summed E-state index contributed by atoms with van der Waals surface area (Å²) in [5, 5.41) is 8.82. The van der Waals surface area contributed by atoms with Crippen LogP contribution in [-0.4, -0.2) is 33.7 Å². The van der Waals surface area contributed by atoms with Crippen molar-refractivity contribution in [2.75, 3.05) is 6.54 Å². The number of halogens is 2. The fourth-order valence-electron chi connectivity index (χ4n) is 1.53. The molecule has 104 valence electrons. The number of carbonyl (C=O) groups is 3. The molecule has 1 aromatic carbocycles. The zero-order chi connectivity index (χ0) is 14.9. The van der Waals surface area contributed by atoms with Crippen molar-refractivity contribution in [1.82, 2.24) is 4.90 Å². The van der Waals surface area contributed by atoms with E-state index in [1.54, 1.807) is 12.1 Å². The van der Waals surface area contributed by atoms with Crippen molar-refractivity contribution in [3.63, 3.8) is 0 Å². The predicted molar refractivity (Wildman–Crippen MR) is 76.8 cm³/mol. The smallest absolute Gasteiger partial charge is 0.323 e. The van der Waals surface area contributed by atoms with Gasteiger partial charge in [-0.05, 0) is 35.5 Å². The van der Waals surface area contributed by atoms with Crippen molar-refractivity contribution in [2.45, 2.75) is 0 Å². The van der Waals surface area contributed by atoms with E-state index in [9.17, 15) is 14.4 Å². The summed E-state index contributed by atoms with van der Waals surface area (Å²) < 4.78 is 0. The Morgan fingerprint density at radius 1 is 1.35 bits per heavy atom. The summed E-state index contributed by atoms with van der Waals surface area (Å²) in [5.41, 5.74) is 0.525. The first-order valence-electron chi connectivity index (χ1n) is 5.30. The van der Waals surface area contributed by atoms with Gasteiger partial charge in [0.05, 0.1) is 4.91 Å². The van der Waals surface area contributed by atoms with Crippen LogP contribution in [0.15, 0.2) is 23.1 Å². The van der Waals surface area contributed by atoms with E-state index < -0.39 is 23.7 Å². The van der Waals surface area contributed by atoms with Crippen LogP contribution in [0.4, 0.5) is 4.79 Å². The van der Waals surface area contributed by atoms with Gasteiger partial charge in [-0.15, -0.1) is 0 Å². The van der Waals surface area contributed by atoms with Gasteiger partial charge in [0.1, 0.15) is 6.54 Å². The van der Waals surface area contributed by atoms with Crippen molar-refractivity contribution < 1.29 is 19.5 Å². The van der Waals surface area contributed by atoms with Gasteiger partial charge in [0.2, 0.25) is 0 Å². The Morgan fingerprint density at radius 3 is 2.65 bits per heavy atom. The van der Waals surface area contributed by atoms with E-state index in [4.69, 9.17) is 28.3 Å². The van der Waals surface area contributed by atoms with Crippen LogP contribution in [0, 0.1) is 0 Å². The van der Waals surface area contributed by atoms with Gasteiger partial charge in [-0.25, -0.2) is 0 Å². The molecule has 1 N–H and O–H groups in total. The molecule has 8 heteroatoms. The van der Waals surface area contributed by atoms with Crippen LogP contribution in [-0.2, 0) is 9.59 Å². The summed E-state index contributed by atoms with van der Waals surface area (Å²) in [7, 11) is 0. The Bertz CT molecular complexity index is 644. The van der Waals surface area contributed by atoms with E-state index in [0.29, 0.717) is 32.3 Å². The topological polar surface area (TPSA) is 74.7 Å². The molecule has 0 aliphatic carbocycles. The van der Waals surface area contributed by atoms with Crippen molar-refractivity contribution >= 4 is 58.2 Å². The molecule has 1 saturated heterocycles. The average molecular weight is 332 g/mol. The second-order valence-corrected chi connectivity index (χ2v) is 5.66. The van der Waals surface area contributed by atoms with Crippen LogP contribution < -0.4 is 0 Å². The number of carboxylic acid groups (broad SMARTS) is 1. The van der Waals surface area contributed by atoms with E-state index in [0.717, 1.165) is 0 Å². The van der Waals surface area contributed by atoms with E-state index in [2.05, 4.69) is 0 Å². The summed E-state index contributed by atoms with van der Waals surface area (Å²) in [6, 6.07) is 4.72. The number of thioether (sulfide) groups is 1. The molecule has 1 aromatic rings. The molecule has 1 heterocycles. The average Bonchev–Trinajstić information content (AvgIpc) is 2.60. The molecule has 0 spiro atoms. The molecule has 2 rings (SSSR count). The van der Waals surface area contributed by atoms with Crippen LogP contribution >= 0.6 is 35.0 Å². The first-order valence-corrected chi connectivity index (χ1v) is 6.88. The van der Waals surface area contributed by atoms with Crippen LogP contribution in [0.25, 0.3) is 6.08 Å². The highest BCUT2D eigenvalue weighted by Gasteiger charge is 2.36. The van der Waals surface area contributed by atoms with Gasteiger partial charge in [-0.2, -0.15) is 0 Å². The lowest BCUT2D eigenvalue weighted by atomic mass is 10.2. The van der Waals surface area contributed by atoms with E-state index in [1.165, 1.54) is 12.1 Å². The third-order valence-corrected chi connectivity index (χ3v) is 3.89. The summed E-state index contributed by atoms with van der Waals surface area (Å²) in [6.07, 6.45) is 1.44. The molecule has 1 aliphatic heterocycles. The molecule has 0 atom stereocenters. The molecule has 0 radical (unpaired) electrons. The molecule has 0 aromatic heterocycles. The Kier molecular flexibility index (Phi) is 4.37. The Morgan fingerprint density at radius 2 is 2.05 bits per heavy atom. The molecule has 5 nitrogen and oxygen atoms in total. The highest BCUT2D eigenvalue weighted by Crippen LogP contribution is 2.33. The molecular formula is C12H7Cl2NO4S.